The summed E-state index contributed by atoms with van der Waals surface area (Å²) >= 11 is 0. The highest BCUT2D eigenvalue weighted by Crippen LogP contribution is 2.32. The summed E-state index contributed by atoms with van der Waals surface area (Å²) in [5.41, 5.74) is -0.987. The van der Waals surface area contributed by atoms with Gasteiger partial charge in [0.1, 0.15) is 11.4 Å². The minimum atomic E-state index is -3.19. The fraction of sp³-hybridized carbons (Fsp3) is 0.231. The molecule has 9 nitrogen and oxygen atoms in total. The van der Waals surface area contributed by atoms with Crippen LogP contribution in [0.25, 0.3) is 0 Å². The van der Waals surface area contributed by atoms with E-state index in [1.807, 2.05) is 0 Å². The van der Waals surface area contributed by atoms with E-state index in [1.165, 1.54) is 0 Å². The fourth-order valence-corrected chi connectivity index (χ4v) is 1.98. The van der Waals surface area contributed by atoms with Crippen LogP contribution in [0.4, 0.5) is 20.2 Å². The van der Waals surface area contributed by atoms with Gasteiger partial charge in [-0.2, -0.15) is 8.78 Å². The Labute approximate surface area is 133 Å². The summed E-state index contributed by atoms with van der Waals surface area (Å²) in [7, 11) is 0. The first-order valence-electron chi connectivity index (χ1n) is 6.52. The zero-order chi connectivity index (χ0) is 17.9. The van der Waals surface area contributed by atoms with Crippen molar-refractivity contribution >= 4 is 23.2 Å². The number of benzene rings is 1. The zero-order valence-corrected chi connectivity index (χ0v) is 11.9. The molecule has 0 aliphatic carbocycles. The average molecular weight is 343 g/mol. The summed E-state index contributed by atoms with van der Waals surface area (Å²) in [6.07, 6.45) is 0.892. The van der Waals surface area contributed by atoms with Crippen LogP contribution in [-0.4, -0.2) is 46.5 Å². The highest BCUT2D eigenvalue weighted by molar-refractivity contribution is 6.17. The first-order valence-corrected chi connectivity index (χ1v) is 6.52. The van der Waals surface area contributed by atoms with Crippen LogP contribution in [-0.2, 0) is 9.59 Å². The number of β-amino-alcohol motifs (C(OH)–C–C–N with tert-alkyl or cyclic N) is 1. The molecule has 1 aliphatic heterocycles. The second-order valence-corrected chi connectivity index (χ2v) is 4.52. The SMILES string of the molecule is O=C1C=C(Nc2cc([N+](=O)[O-])ccc2OC(F)F)C(=O)N1CCO. The van der Waals surface area contributed by atoms with E-state index in [1.54, 1.807) is 0 Å². The maximum absolute atomic E-state index is 12.4. The first-order chi connectivity index (χ1) is 11.3. The normalized spacial score (nSPS) is 14.2. The summed E-state index contributed by atoms with van der Waals surface area (Å²) in [6.45, 7) is -3.88. The lowest BCUT2D eigenvalue weighted by Crippen LogP contribution is -2.34. The fourth-order valence-electron chi connectivity index (χ4n) is 1.98. The minimum Gasteiger partial charge on any atom is -0.433 e. The van der Waals surface area contributed by atoms with Gasteiger partial charge in [-0.05, 0) is 6.07 Å². The lowest BCUT2D eigenvalue weighted by atomic mass is 10.2. The van der Waals surface area contributed by atoms with Crippen molar-refractivity contribution in [3.8, 4) is 5.75 Å². The van der Waals surface area contributed by atoms with Crippen molar-refractivity contribution in [1.29, 1.82) is 0 Å². The standard InChI is InChI=1S/C13H11F2N3O6/c14-13(15)24-10-2-1-7(18(22)23)5-8(10)16-9-6-11(20)17(3-4-19)12(9)21/h1-2,5-6,13,16,19H,3-4H2. The van der Waals surface area contributed by atoms with Crippen LogP contribution >= 0.6 is 0 Å². The third kappa shape index (κ3) is 3.63. The van der Waals surface area contributed by atoms with Crippen molar-refractivity contribution < 1.29 is 33.1 Å². The molecule has 2 rings (SSSR count). The smallest absolute Gasteiger partial charge is 0.387 e. The molecule has 1 heterocycles. The molecule has 0 bridgehead atoms. The average Bonchev–Trinajstić information content (AvgIpc) is 2.76. The molecule has 128 valence electrons. The van der Waals surface area contributed by atoms with Crippen LogP contribution in [0.1, 0.15) is 0 Å². The number of anilines is 1. The third-order valence-electron chi connectivity index (χ3n) is 2.99. The van der Waals surface area contributed by atoms with E-state index in [2.05, 4.69) is 10.1 Å². The van der Waals surface area contributed by atoms with E-state index in [-0.39, 0.29) is 17.9 Å². The molecule has 1 aliphatic rings. The molecule has 0 atom stereocenters. The van der Waals surface area contributed by atoms with Gasteiger partial charge in [-0.1, -0.05) is 0 Å². The minimum absolute atomic E-state index is 0.241. The molecule has 1 aromatic rings. The summed E-state index contributed by atoms with van der Waals surface area (Å²) in [4.78, 5) is 34.4. The molecule has 0 radical (unpaired) electrons. The molecule has 24 heavy (non-hydrogen) atoms. The van der Waals surface area contributed by atoms with Gasteiger partial charge in [0.05, 0.1) is 23.8 Å². The number of nitrogens with one attached hydrogen (secondary N) is 1. The van der Waals surface area contributed by atoms with Crippen molar-refractivity contribution in [2.45, 2.75) is 6.61 Å². The Hall–Kier alpha value is -3.08. The molecular weight excluding hydrogens is 332 g/mol. The van der Waals surface area contributed by atoms with E-state index in [4.69, 9.17) is 5.11 Å². The van der Waals surface area contributed by atoms with Gasteiger partial charge < -0.3 is 15.2 Å². The van der Waals surface area contributed by atoms with E-state index >= 15 is 0 Å². The maximum atomic E-state index is 12.4. The molecule has 2 N–H and O–H groups in total. The molecule has 11 heteroatoms. The zero-order valence-electron chi connectivity index (χ0n) is 11.9. The number of alkyl halides is 2. The number of nitro groups is 1. The molecule has 0 saturated heterocycles. The van der Waals surface area contributed by atoms with Gasteiger partial charge in [-0.25, -0.2) is 0 Å². The number of carbonyl (C=O) groups excluding carboxylic acids is 2. The van der Waals surface area contributed by atoms with Crippen LogP contribution in [0, 0.1) is 10.1 Å². The second kappa shape index (κ2) is 7.00. The monoisotopic (exact) mass is 343 g/mol. The van der Waals surface area contributed by atoms with Crippen LogP contribution < -0.4 is 10.1 Å². The number of hydrogen-bond acceptors (Lipinski definition) is 7. The van der Waals surface area contributed by atoms with Crippen LogP contribution in [0.2, 0.25) is 0 Å². The molecule has 0 saturated carbocycles. The van der Waals surface area contributed by atoms with Crippen molar-refractivity contribution in [1.82, 2.24) is 4.90 Å². The largest absolute Gasteiger partial charge is 0.433 e. The van der Waals surface area contributed by atoms with Crippen molar-refractivity contribution in [3.63, 3.8) is 0 Å². The summed E-state index contributed by atoms with van der Waals surface area (Å²) < 4.78 is 29.1. The lowest BCUT2D eigenvalue weighted by Gasteiger charge is -2.15. The highest BCUT2D eigenvalue weighted by Gasteiger charge is 2.31. The highest BCUT2D eigenvalue weighted by atomic mass is 19.3. The van der Waals surface area contributed by atoms with Gasteiger partial charge in [0.15, 0.2) is 0 Å². The molecule has 0 fully saturated rings. The molecule has 0 aromatic heterocycles. The number of carbonyl (C=O) groups is 2. The molecule has 0 spiro atoms. The maximum Gasteiger partial charge on any atom is 0.387 e. The Balaban J connectivity index is 2.32. The molecule has 2 amide bonds. The lowest BCUT2D eigenvalue weighted by molar-refractivity contribution is -0.384. The van der Waals surface area contributed by atoms with E-state index in [9.17, 15) is 28.5 Å². The Morgan fingerprint density at radius 3 is 2.67 bits per heavy atom. The predicted octanol–water partition coefficient (Wildman–Crippen LogP) is 0.853. The first kappa shape index (κ1) is 17.3. The van der Waals surface area contributed by atoms with Crippen molar-refractivity contribution in [2.75, 3.05) is 18.5 Å². The number of halogens is 2. The Morgan fingerprint density at radius 1 is 1.38 bits per heavy atom. The van der Waals surface area contributed by atoms with Gasteiger partial charge in [0.25, 0.3) is 17.5 Å². The molecule has 1 aromatic carbocycles. The van der Waals surface area contributed by atoms with E-state index in [0.717, 1.165) is 29.2 Å². The van der Waals surface area contributed by atoms with Gasteiger partial charge in [-0.15, -0.1) is 0 Å². The number of aliphatic hydroxyl groups excluding tert-OH is 1. The van der Waals surface area contributed by atoms with Crippen LogP contribution in [0.3, 0.4) is 0 Å². The number of imide groups is 1. The van der Waals surface area contributed by atoms with Gasteiger partial charge >= 0.3 is 6.61 Å². The number of ether oxygens (including phenoxy) is 1. The van der Waals surface area contributed by atoms with Gasteiger partial charge in [0, 0.05) is 18.2 Å². The number of nitrogens with zero attached hydrogens (tertiary/aromatic N) is 2. The van der Waals surface area contributed by atoms with Crippen LogP contribution in [0.15, 0.2) is 30.0 Å². The predicted molar refractivity (Wildman–Crippen MR) is 75.2 cm³/mol. The summed E-state index contributed by atoms with van der Waals surface area (Å²) in [5, 5.41) is 22.0. The Bertz CT molecular complexity index is 722. The van der Waals surface area contributed by atoms with E-state index < -0.39 is 41.4 Å². The quantitative estimate of drug-likeness (QED) is 0.427. The topological polar surface area (TPSA) is 122 Å². The third-order valence-corrected chi connectivity index (χ3v) is 2.99. The van der Waals surface area contributed by atoms with Crippen molar-refractivity contribution in [2.24, 2.45) is 0 Å². The van der Waals surface area contributed by atoms with E-state index in [0.29, 0.717) is 0 Å². The van der Waals surface area contributed by atoms with Crippen LogP contribution in [0.5, 0.6) is 5.75 Å². The summed E-state index contributed by atoms with van der Waals surface area (Å²) in [6, 6.07) is 2.79. The molecule has 0 unspecified atom stereocenters. The number of aliphatic hydroxyl groups is 1. The number of hydrogen-bond donors (Lipinski definition) is 2. The Morgan fingerprint density at radius 2 is 2.08 bits per heavy atom. The van der Waals surface area contributed by atoms with Gasteiger partial charge in [-0.3, -0.25) is 24.6 Å². The number of rotatable bonds is 7. The second-order valence-electron chi connectivity index (χ2n) is 4.52. The van der Waals surface area contributed by atoms with Gasteiger partial charge in [0.2, 0.25) is 0 Å². The number of non-ortho nitro benzene ring substituents is 1. The number of amides is 2. The summed E-state index contributed by atoms with van der Waals surface area (Å²) in [5.74, 6) is -1.95. The van der Waals surface area contributed by atoms with Crippen molar-refractivity contribution in [3.05, 3.63) is 40.1 Å². The molecular formula is C13H11F2N3O6. The number of nitro benzene ring substituents is 1. The Kier molecular flexibility index (Phi) is 5.04.